The van der Waals surface area contributed by atoms with Gasteiger partial charge >= 0.3 is 0 Å². The van der Waals surface area contributed by atoms with Gasteiger partial charge in [0.1, 0.15) is 23.2 Å². The van der Waals surface area contributed by atoms with E-state index in [9.17, 15) is 5.11 Å². The predicted octanol–water partition coefficient (Wildman–Crippen LogP) is 4.41. The number of aliphatic hydroxyl groups is 1. The number of aliphatic hydroxyl groups excluding tert-OH is 1. The van der Waals surface area contributed by atoms with Gasteiger partial charge in [0.05, 0.1) is 16.1 Å². The molecule has 1 saturated carbocycles. The quantitative estimate of drug-likeness (QED) is 0.863. The molecule has 96 valence electrons. The van der Waals surface area contributed by atoms with Gasteiger partial charge in [0, 0.05) is 5.39 Å². The van der Waals surface area contributed by atoms with Gasteiger partial charge < -0.3 is 14.3 Å². The first kappa shape index (κ1) is 12.5. The summed E-state index contributed by atoms with van der Waals surface area (Å²) in [5.74, 6) is 1.72. The fourth-order valence-corrected chi connectivity index (χ4v) is 3.14. The Morgan fingerprint density at radius 3 is 2.72 bits per heavy atom. The standard InChI is InChI=1S/C13H12Br2O3/c1-17-9-5-8(14)13-7(11(9)15)4-10(18-13)12(16)6-2-3-6/h4-6,12,16H,2-3H2,1H3. The molecule has 0 radical (unpaired) electrons. The van der Waals surface area contributed by atoms with Crippen molar-refractivity contribution in [3.8, 4) is 5.75 Å². The largest absolute Gasteiger partial charge is 0.496 e. The summed E-state index contributed by atoms with van der Waals surface area (Å²) in [6.45, 7) is 0. The molecule has 1 aliphatic rings. The maximum absolute atomic E-state index is 10.1. The van der Waals surface area contributed by atoms with Crippen molar-refractivity contribution in [2.45, 2.75) is 18.9 Å². The number of halogens is 2. The molecule has 3 rings (SSSR count). The highest BCUT2D eigenvalue weighted by Gasteiger charge is 2.33. The summed E-state index contributed by atoms with van der Waals surface area (Å²) in [5, 5.41) is 11.0. The van der Waals surface area contributed by atoms with Crippen molar-refractivity contribution in [3.63, 3.8) is 0 Å². The van der Waals surface area contributed by atoms with E-state index in [1.165, 1.54) is 0 Å². The predicted molar refractivity (Wildman–Crippen MR) is 75.8 cm³/mol. The summed E-state index contributed by atoms with van der Waals surface area (Å²) in [5.41, 5.74) is 0.734. The fraction of sp³-hybridized carbons (Fsp3) is 0.385. The van der Waals surface area contributed by atoms with Crippen molar-refractivity contribution in [3.05, 3.63) is 26.8 Å². The normalized spacial score (nSPS) is 17.1. The van der Waals surface area contributed by atoms with Crippen LogP contribution >= 0.6 is 31.9 Å². The van der Waals surface area contributed by atoms with Crippen LogP contribution in [-0.2, 0) is 0 Å². The average molecular weight is 376 g/mol. The zero-order valence-corrected chi connectivity index (χ0v) is 12.9. The van der Waals surface area contributed by atoms with Crippen molar-refractivity contribution in [1.29, 1.82) is 0 Å². The number of ether oxygens (including phenoxy) is 1. The monoisotopic (exact) mass is 374 g/mol. The fourth-order valence-electron chi connectivity index (χ4n) is 2.07. The summed E-state index contributed by atoms with van der Waals surface area (Å²) < 4.78 is 12.7. The van der Waals surface area contributed by atoms with Gasteiger partial charge in [-0.2, -0.15) is 0 Å². The Balaban J connectivity index is 2.15. The summed E-state index contributed by atoms with van der Waals surface area (Å²) in [6, 6.07) is 3.74. The second-order valence-corrected chi connectivity index (χ2v) is 6.20. The molecule has 0 saturated heterocycles. The van der Waals surface area contributed by atoms with Crippen LogP contribution in [0.1, 0.15) is 24.7 Å². The first-order valence-corrected chi connectivity index (χ1v) is 7.34. The number of furan rings is 1. The minimum atomic E-state index is -0.498. The Labute approximate surface area is 121 Å². The van der Waals surface area contributed by atoms with Crippen molar-refractivity contribution >= 4 is 42.8 Å². The van der Waals surface area contributed by atoms with E-state index in [0.717, 1.165) is 38.5 Å². The lowest BCUT2D eigenvalue weighted by atomic mass is 10.1. The maximum atomic E-state index is 10.1. The number of rotatable bonds is 3. The van der Waals surface area contributed by atoms with Crippen LogP contribution in [0, 0.1) is 5.92 Å². The second kappa shape index (κ2) is 4.54. The second-order valence-electron chi connectivity index (χ2n) is 4.55. The molecule has 18 heavy (non-hydrogen) atoms. The van der Waals surface area contributed by atoms with E-state index >= 15 is 0 Å². The zero-order chi connectivity index (χ0) is 12.9. The van der Waals surface area contributed by atoms with Gasteiger partial charge in [0.25, 0.3) is 0 Å². The number of methoxy groups -OCH3 is 1. The summed E-state index contributed by atoms with van der Waals surface area (Å²) in [6.07, 6.45) is 1.65. The van der Waals surface area contributed by atoms with E-state index < -0.39 is 6.10 Å². The third-order valence-electron chi connectivity index (χ3n) is 3.26. The summed E-state index contributed by atoms with van der Waals surface area (Å²) in [7, 11) is 1.62. The van der Waals surface area contributed by atoms with E-state index in [4.69, 9.17) is 9.15 Å². The van der Waals surface area contributed by atoms with E-state index in [-0.39, 0.29) is 0 Å². The van der Waals surface area contributed by atoms with Crippen LogP contribution in [0.5, 0.6) is 5.75 Å². The van der Waals surface area contributed by atoms with Gasteiger partial charge in [-0.1, -0.05) is 0 Å². The number of hydrogen-bond acceptors (Lipinski definition) is 3. The first-order valence-electron chi connectivity index (χ1n) is 5.75. The minimum Gasteiger partial charge on any atom is -0.496 e. The van der Waals surface area contributed by atoms with E-state index in [1.54, 1.807) is 7.11 Å². The van der Waals surface area contributed by atoms with E-state index in [2.05, 4.69) is 31.9 Å². The molecule has 5 heteroatoms. The van der Waals surface area contributed by atoms with Gasteiger partial charge in [-0.05, 0) is 62.8 Å². The molecule has 1 N–H and O–H groups in total. The van der Waals surface area contributed by atoms with Gasteiger partial charge in [0.15, 0.2) is 0 Å². The third-order valence-corrected chi connectivity index (χ3v) is 4.67. The summed E-state index contributed by atoms with van der Waals surface area (Å²) in [4.78, 5) is 0. The molecule has 3 nitrogen and oxygen atoms in total. The van der Waals surface area contributed by atoms with Crippen LogP contribution in [0.25, 0.3) is 11.0 Å². The highest BCUT2D eigenvalue weighted by atomic mass is 79.9. The zero-order valence-electron chi connectivity index (χ0n) is 9.74. The van der Waals surface area contributed by atoms with Crippen molar-refractivity contribution in [2.24, 2.45) is 5.92 Å². The van der Waals surface area contributed by atoms with Crippen LogP contribution < -0.4 is 4.74 Å². The molecule has 0 bridgehead atoms. The lowest BCUT2D eigenvalue weighted by Crippen LogP contribution is -1.96. The maximum Gasteiger partial charge on any atom is 0.150 e. The molecule has 1 aromatic heterocycles. The van der Waals surface area contributed by atoms with Crippen molar-refractivity contribution in [2.75, 3.05) is 7.11 Å². The minimum absolute atomic E-state index is 0.352. The van der Waals surface area contributed by atoms with E-state index in [1.807, 2.05) is 12.1 Å². The van der Waals surface area contributed by atoms with Crippen molar-refractivity contribution < 1.29 is 14.3 Å². The highest BCUT2D eigenvalue weighted by molar-refractivity contribution is 9.11. The average Bonchev–Trinajstić information content (AvgIpc) is 3.11. The topological polar surface area (TPSA) is 42.6 Å². The molecule has 0 spiro atoms. The number of hydrogen-bond donors (Lipinski definition) is 1. The summed E-state index contributed by atoms with van der Waals surface area (Å²) >= 11 is 6.97. The van der Waals surface area contributed by atoms with E-state index in [0.29, 0.717) is 11.7 Å². The Bertz CT molecular complexity index is 602. The molecule has 1 heterocycles. The van der Waals surface area contributed by atoms with Crippen LogP contribution in [0.3, 0.4) is 0 Å². The molecule has 0 amide bonds. The van der Waals surface area contributed by atoms with Gasteiger partial charge in [-0.3, -0.25) is 0 Å². The SMILES string of the molecule is COc1cc(Br)c2oc(C(O)C3CC3)cc2c1Br. The molecule has 0 aliphatic heterocycles. The molecular formula is C13H12Br2O3. The number of fused-ring (bicyclic) bond motifs is 1. The molecule has 1 aliphatic carbocycles. The molecule has 2 aromatic rings. The van der Waals surface area contributed by atoms with Gasteiger partial charge in [0.2, 0.25) is 0 Å². The molecule has 1 aromatic carbocycles. The molecular weight excluding hydrogens is 364 g/mol. The molecule has 1 atom stereocenters. The lowest BCUT2D eigenvalue weighted by Gasteiger charge is -2.04. The highest BCUT2D eigenvalue weighted by Crippen LogP contribution is 2.45. The van der Waals surface area contributed by atoms with Crippen LogP contribution in [0.2, 0.25) is 0 Å². The van der Waals surface area contributed by atoms with Crippen LogP contribution in [-0.4, -0.2) is 12.2 Å². The van der Waals surface area contributed by atoms with Crippen molar-refractivity contribution in [1.82, 2.24) is 0 Å². The Hall–Kier alpha value is -0.520. The van der Waals surface area contributed by atoms with Crippen LogP contribution in [0.4, 0.5) is 0 Å². The Morgan fingerprint density at radius 1 is 1.39 bits per heavy atom. The van der Waals surface area contributed by atoms with Crippen LogP contribution in [0.15, 0.2) is 25.5 Å². The van der Waals surface area contributed by atoms with Gasteiger partial charge in [-0.25, -0.2) is 0 Å². The smallest absolute Gasteiger partial charge is 0.150 e. The van der Waals surface area contributed by atoms with Gasteiger partial charge in [-0.15, -0.1) is 0 Å². The lowest BCUT2D eigenvalue weighted by molar-refractivity contribution is 0.129. The third kappa shape index (κ3) is 1.98. The Kier molecular flexibility index (Phi) is 3.16. The Morgan fingerprint density at radius 2 is 2.11 bits per heavy atom. The number of benzene rings is 1. The first-order chi connectivity index (χ1) is 8.61. The molecule has 1 fully saturated rings. The molecule has 1 unspecified atom stereocenters.